The lowest BCUT2D eigenvalue weighted by Crippen LogP contribution is -2.05. The van der Waals surface area contributed by atoms with E-state index in [9.17, 15) is 0 Å². The predicted octanol–water partition coefficient (Wildman–Crippen LogP) is 2.89. The van der Waals surface area contributed by atoms with Gasteiger partial charge in [0.05, 0.1) is 12.4 Å². The van der Waals surface area contributed by atoms with E-state index < -0.39 is 0 Å². The summed E-state index contributed by atoms with van der Waals surface area (Å²) in [4.78, 5) is 0. The first-order valence-electron chi connectivity index (χ1n) is 3.78. The molecule has 0 radical (unpaired) electrons. The second kappa shape index (κ2) is 6.40. The lowest BCUT2D eigenvalue weighted by molar-refractivity contribution is 0.137. The molecule has 0 aliphatic carbocycles. The molecule has 0 unspecified atom stereocenters. The molecular weight excluding hydrogens is 124 g/mol. The van der Waals surface area contributed by atoms with Gasteiger partial charge < -0.3 is 4.74 Å². The van der Waals surface area contributed by atoms with Gasteiger partial charge in [-0.15, -0.1) is 0 Å². The Kier molecular flexibility index (Phi) is 5.94. The van der Waals surface area contributed by atoms with E-state index in [-0.39, 0.29) is 0 Å². The Balaban J connectivity index is 3.43. The molecule has 58 valence electrons. The second-order valence-corrected chi connectivity index (χ2v) is 2.14. The van der Waals surface area contributed by atoms with Crippen LogP contribution in [-0.4, -0.2) is 6.10 Å². The third-order valence-corrected chi connectivity index (χ3v) is 1.40. The van der Waals surface area contributed by atoms with Gasteiger partial charge in [-0.05, 0) is 18.9 Å². The molecule has 0 bridgehead atoms. The molecule has 0 N–H and O–H groups in total. The van der Waals surface area contributed by atoms with Gasteiger partial charge in [-0.25, -0.2) is 0 Å². The quantitative estimate of drug-likeness (QED) is 0.421. The highest BCUT2D eigenvalue weighted by Crippen LogP contribution is 2.02. The van der Waals surface area contributed by atoms with E-state index in [0.717, 1.165) is 12.8 Å². The van der Waals surface area contributed by atoms with Crippen molar-refractivity contribution in [3.8, 4) is 0 Å². The number of hydrogen-bond donors (Lipinski definition) is 0. The van der Waals surface area contributed by atoms with Crippen molar-refractivity contribution >= 4 is 0 Å². The minimum atomic E-state index is 0.371. The van der Waals surface area contributed by atoms with Crippen LogP contribution in [0.1, 0.15) is 26.7 Å². The van der Waals surface area contributed by atoms with Gasteiger partial charge in [0, 0.05) is 0 Å². The van der Waals surface area contributed by atoms with Crippen molar-refractivity contribution in [2.75, 3.05) is 0 Å². The summed E-state index contributed by atoms with van der Waals surface area (Å²) in [5.74, 6) is 0. The number of allylic oxidation sites excluding steroid dienone is 2. The first-order valence-corrected chi connectivity index (χ1v) is 3.78. The van der Waals surface area contributed by atoms with Gasteiger partial charge in [0.1, 0.15) is 0 Å². The monoisotopic (exact) mass is 140 g/mol. The first kappa shape index (κ1) is 9.28. The van der Waals surface area contributed by atoms with Gasteiger partial charge in [0.2, 0.25) is 0 Å². The third-order valence-electron chi connectivity index (χ3n) is 1.40. The largest absolute Gasteiger partial charge is 0.498 e. The van der Waals surface area contributed by atoms with Crippen molar-refractivity contribution in [3.63, 3.8) is 0 Å². The molecule has 0 saturated heterocycles. The van der Waals surface area contributed by atoms with Crippen LogP contribution >= 0.6 is 0 Å². The maximum absolute atomic E-state index is 5.33. The van der Waals surface area contributed by atoms with Crippen molar-refractivity contribution in [1.82, 2.24) is 0 Å². The number of hydrogen-bond acceptors (Lipinski definition) is 1. The standard InChI is InChI=1S/C9H16O/c1-4-7-8-10-9(5-2)6-3/h4,7-9H,1,5-6H2,2-3H3. The fourth-order valence-electron chi connectivity index (χ4n) is 0.693. The molecule has 0 aromatic heterocycles. The molecule has 0 rings (SSSR count). The molecule has 0 aromatic carbocycles. The molecular formula is C9H16O. The van der Waals surface area contributed by atoms with Crippen LogP contribution in [0.3, 0.4) is 0 Å². The maximum Gasteiger partial charge on any atom is 0.0973 e. The molecule has 0 fully saturated rings. The van der Waals surface area contributed by atoms with Crippen LogP contribution in [0.25, 0.3) is 0 Å². The smallest absolute Gasteiger partial charge is 0.0973 e. The minimum absolute atomic E-state index is 0.371. The van der Waals surface area contributed by atoms with Crippen LogP contribution in [0.2, 0.25) is 0 Å². The molecule has 0 amide bonds. The van der Waals surface area contributed by atoms with Crippen molar-refractivity contribution in [2.45, 2.75) is 32.8 Å². The van der Waals surface area contributed by atoms with Crippen LogP contribution in [0, 0.1) is 0 Å². The average molecular weight is 140 g/mol. The van der Waals surface area contributed by atoms with E-state index in [1.54, 1.807) is 18.4 Å². The number of rotatable bonds is 5. The molecule has 1 heteroatoms. The highest BCUT2D eigenvalue weighted by Gasteiger charge is 1.98. The molecule has 0 saturated carbocycles. The fourth-order valence-corrected chi connectivity index (χ4v) is 0.693. The molecule has 10 heavy (non-hydrogen) atoms. The summed E-state index contributed by atoms with van der Waals surface area (Å²) in [6.45, 7) is 7.78. The summed E-state index contributed by atoms with van der Waals surface area (Å²) in [5, 5.41) is 0. The van der Waals surface area contributed by atoms with Gasteiger partial charge in [-0.2, -0.15) is 0 Å². The topological polar surface area (TPSA) is 9.23 Å². The van der Waals surface area contributed by atoms with E-state index >= 15 is 0 Å². The Labute approximate surface area is 63.4 Å². The van der Waals surface area contributed by atoms with Crippen LogP contribution in [0.15, 0.2) is 25.0 Å². The van der Waals surface area contributed by atoms with E-state index in [2.05, 4.69) is 20.4 Å². The highest BCUT2D eigenvalue weighted by molar-refractivity contribution is 4.93. The summed E-state index contributed by atoms with van der Waals surface area (Å²) in [5.41, 5.74) is 0. The Hall–Kier alpha value is -0.720. The van der Waals surface area contributed by atoms with Crippen molar-refractivity contribution in [3.05, 3.63) is 25.0 Å². The van der Waals surface area contributed by atoms with Crippen molar-refractivity contribution in [1.29, 1.82) is 0 Å². The highest BCUT2D eigenvalue weighted by atomic mass is 16.5. The summed E-state index contributed by atoms with van der Waals surface area (Å²) in [6.07, 6.45) is 7.72. The third kappa shape index (κ3) is 4.19. The molecule has 0 aliphatic heterocycles. The SMILES string of the molecule is C=CC=COC(CC)CC. The second-order valence-electron chi connectivity index (χ2n) is 2.14. The van der Waals surface area contributed by atoms with Crippen molar-refractivity contribution < 1.29 is 4.74 Å². The number of ether oxygens (including phenoxy) is 1. The predicted molar refractivity (Wildman–Crippen MR) is 44.8 cm³/mol. The molecule has 0 aromatic rings. The lowest BCUT2D eigenvalue weighted by Gasteiger charge is -2.10. The Morgan fingerprint density at radius 1 is 1.40 bits per heavy atom. The summed E-state index contributed by atoms with van der Waals surface area (Å²) in [7, 11) is 0. The first-order chi connectivity index (χ1) is 4.85. The van der Waals surface area contributed by atoms with Gasteiger partial charge in [0.25, 0.3) is 0 Å². The van der Waals surface area contributed by atoms with E-state index in [0.29, 0.717) is 6.10 Å². The van der Waals surface area contributed by atoms with Crippen LogP contribution in [-0.2, 0) is 4.74 Å². The summed E-state index contributed by atoms with van der Waals surface area (Å²) in [6, 6.07) is 0. The zero-order valence-electron chi connectivity index (χ0n) is 6.84. The average Bonchev–Trinajstić information content (AvgIpc) is 1.99. The molecule has 0 spiro atoms. The zero-order chi connectivity index (χ0) is 7.82. The van der Waals surface area contributed by atoms with Crippen molar-refractivity contribution in [2.24, 2.45) is 0 Å². The molecule has 0 heterocycles. The summed E-state index contributed by atoms with van der Waals surface area (Å²) >= 11 is 0. The lowest BCUT2D eigenvalue weighted by atomic mass is 10.2. The van der Waals surface area contributed by atoms with Gasteiger partial charge in [-0.1, -0.05) is 26.5 Å². The van der Waals surface area contributed by atoms with E-state index in [1.165, 1.54) is 0 Å². The molecule has 0 atom stereocenters. The minimum Gasteiger partial charge on any atom is -0.498 e. The summed E-state index contributed by atoms with van der Waals surface area (Å²) < 4.78 is 5.33. The Bertz CT molecular complexity index is 101. The van der Waals surface area contributed by atoms with Gasteiger partial charge in [0.15, 0.2) is 0 Å². The van der Waals surface area contributed by atoms with Gasteiger partial charge in [-0.3, -0.25) is 0 Å². The normalized spacial score (nSPS) is 10.7. The Morgan fingerprint density at radius 3 is 2.40 bits per heavy atom. The van der Waals surface area contributed by atoms with E-state index in [1.807, 2.05) is 0 Å². The molecule has 1 nitrogen and oxygen atoms in total. The van der Waals surface area contributed by atoms with Crippen LogP contribution in [0.4, 0.5) is 0 Å². The maximum atomic E-state index is 5.33. The Morgan fingerprint density at radius 2 is 2.00 bits per heavy atom. The van der Waals surface area contributed by atoms with Crippen LogP contribution in [0.5, 0.6) is 0 Å². The van der Waals surface area contributed by atoms with E-state index in [4.69, 9.17) is 4.74 Å². The zero-order valence-corrected chi connectivity index (χ0v) is 6.84. The fraction of sp³-hybridized carbons (Fsp3) is 0.556. The van der Waals surface area contributed by atoms with Gasteiger partial charge >= 0.3 is 0 Å². The molecule has 0 aliphatic rings. The van der Waals surface area contributed by atoms with Crippen LogP contribution < -0.4 is 0 Å².